The molecule has 2 aromatic heterocycles. The van der Waals surface area contributed by atoms with Crippen LogP contribution in [0.1, 0.15) is 41.6 Å². The van der Waals surface area contributed by atoms with E-state index in [1.54, 1.807) is 10.7 Å². The van der Waals surface area contributed by atoms with Crippen molar-refractivity contribution in [3.05, 3.63) is 41.6 Å². The average molecular weight is 495 g/mol. The number of carbonyl (C=O) groups excluding carboxylic acids is 1. The second kappa shape index (κ2) is 10.8. The van der Waals surface area contributed by atoms with E-state index in [1.165, 1.54) is 0 Å². The van der Waals surface area contributed by atoms with Crippen molar-refractivity contribution in [2.45, 2.75) is 44.7 Å². The van der Waals surface area contributed by atoms with E-state index >= 15 is 0 Å². The molecule has 1 aliphatic heterocycles. The van der Waals surface area contributed by atoms with Gasteiger partial charge in [-0.05, 0) is 55.7 Å². The van der Waals surface area contributed by atoms with Crippen LogP contribution in [-0.2, 0) is 4.74 Å². The van der Waals surface area contributed by atoms with Gasteiger partial charge in [0.25, 0.3) is 5.91 Å². The average Bonchev–Trinajstić information content (AvgIpc) is 3.61. The van der Waals surface area contributed by atoms with Gasteiger partial charge in [-0.15, -0.1) is 0 Å². The summed E-state index contributed by atoms with van der Waals surface area (Å²) in [7, 11) is 0. The van der Waals surface area contributed by atoms with E-state index in [-0.39, 0.29) is 19.1 Å². The number of hydrogen-bond acceptors (Lipinski definition) is 8. The molecule has 3 aromatic rings. The van der Waals surface area contributed by atoms with Crippen LogP contribution in [0.4, 0.5) is 11.6 Å². The standard InChI is InChI=1S/C26H34N6O4/c1-16-10-18(2-5-21(16)26(35)30-19-3-4-19)22-13-28-32-24(27-12-17-6-8-36-9-7-17)11-23(31-25(22)32)29-20(14-33)15-34/h2,5,10-11,13,17,19-20,27,33-34H,3-4,6-9,12,14-15H2,1H3,(H,29,31)(H,30,35). The number of aliphatic hydroxyl groups is 2. The molecule has 0 atom stereocenters. The first-order valence-electron chi connectivity index (χ1n) is 12.7. The first-order chi connectivity index (χ1) is 17.6. The number of fused-ring (bicyclic) bond motifs is 1. The number of nitrogens with zero attached hydrogens (tertiary/aromatic N) is 3. The van der Waals surface area contributed by atoms with Gasteiger partial charge in [-0.2, -0.15) is 9.61 Å². The molecule has 1 aliphatic carbocycles. The molecular weight excluding hydrogens is 460 g/mol. The molecule has 1 saturated heterocycles. The molecule has 2 fully saturated rings. The summed E-state index contributed by atoms with van der Waals surface area (Å²) in [5.74, 6) is 1.77. The van der Waals surface area contributed by atoms with Gasteiger partial charge in [-0.1, -0.05) is 12.1 Å². The van der Waals surface area contributed by atoms with Crippen molar-refractivity contribution in [1.29, 1.82) is 0 Å². The van der Waals surface area contributed by atoms with Crippen molar-refractivity contribution in [2.24, 2.45) is 5.92 Å². The molecular formula is C26H34N6O4. The van der Waals surface area contributed by atoms with E-state index in [4.69, 9.17) is 9.72 Å². The number of aliphatic hydroxyl groups excluding tert-OH is 2. The fourth-order valence-electron chi connectivity index (χ4n) is 4.50. The Morgan fingerprint density at radius 2 is 1.94 bits per heavy atom. The summed E-state index contributed by atoms with van der Waals surface area (Å²) in [5.41, 5.74) is 3.93. The summed E-state index contributed by atoms with van der Waals surface area (Å²) >= 11 is 0. The predicted molar refractivity (Wildman–Crippen MR) is 137 cm³/mol. The smallest absolute Gasteiger partial charge is 0.251 e. The fraction of sp³-hybridized carbons (Fsp3) is 0.500. The first-order valence-corrected chi connectivity index (χ1v) is 12.7. The summed E-state index contributed by atoms with van der Waals surface area (Å²) < 4.78 is 7.25. The van der Waals surface area contributed by atoms with Crippen LogP contribution in [0.15, 0.2) is 30.5 Å². The summed E-state index contributed by atoms with van der Waals surface area (Å²) in [6, 6.07) is 7.39. The number of aromatic nitrogens is 3. The number of anilines is 2. The third-order valence-electron chi connectivity index (χ3n) is 6.87. The SMILES string of the molecule is Cc1cc(-c2cnn3c(NCC4CCOCC4)cc(NC(CO)CO)nc23)ccc1C(=O)NC1CC1. The molecule has 0 spiro atoms. The molecule has 10 nitrogen and oxygen atoms in total. The Hall–Kier alpha value is -3.21. The van der Waals surface area contributed by atoms with Crippen LogP contribution in [0, 0.1) is 12.8 Å². The Morgan fingerprint density at radius 3 is 2.64 bits per heavy atom. The van der Waals surface area contributed by atoms with E-state index in [2.05, 4.69) is 21.0 Å². The van der Waals surface area contributed by atoms with Crippen LogP contribution in [0.25, 0.3) is 16.8 Å². The maximum Gasteiger partial charge on any atom is 0.251 e. The molecule has 1 aromatic carbocycles. The Morgan fingerprint density at radius 1 is 1.17 bits per heavy atom. The van der Waals surface area contributed by atoms with Gasteiger partial charge >= 0.3 is 0 Å². The van der Waals surface area contributed by atoms with Crippen molar-refractivity contribution >= 4 is 23.2 Å². The second-order valence-corrected chi connectivity index (χ2v) is 9.74. The third-order valence-corrected chi connectivity index (χ3v) is 6.87. The normalized spacial score (nSPS) is 16.4. The van der Waals surface area contributed by atoms with Crippen LogP contribution in [-0.4, -0.2) is 75.8 Å². The van der Waals surface area contributed by atoms with E-state index in [9.17, 15) is 15.0 Å². The van der Waals surface area contributed by atoms with E-state index in [0.717, 1.165) is 68.0 Å². The van der Waals surface area contributed by atoms with Crippen molar-refractivity contribution < 1.29 is 19.7 Å². The molecule has 5 N–H and O–H groups in total. The zero-order valence-corrected chi connectivity index (χ0v) is 20.5. The van der Waals surface area contributed by atoms with E-state index in [1.807, 2.05) is 31.2 Å². The topological polar surface area (TPSA) is 133 Å². The van der Waals surface area contributed by atoms with E-state index < -0.39 is 6.04 Å². The third kappa shape index (κ3) is 5.45. The van der Waals surface area contributed by atoms with Crippen LogP contribution in [0.5, 0.6) is 0 Å². The largest absolute Gasteiger partial charge is 0.394 e. The fourth-order valence-corrected chi connectivity index (χ4v) is 4.50. The van der Waals surface area contributed by atoms with Crippen LogP contribution in [0.2, 0.25) is 0 Å². The molecule has 192 valence electrons. The van der Waals surface area contributed by atoms with Crippen LogP contribution >= 0.6 is 0 Å². The lowest BCUT2D eigenvalue weighted by atomic mass is 10.0. The van der Waals surface area contributed by atoms with Crippen molar-refractivity contribution in [3.63, 3.8) is 0 Å². The molecule has 0 unspecified atom stereocenters. The molecule has 1 saturated carbocycles. The Balaban J connectivity index is 1.47. The summed E-state index contributed by atoms with van der Waals surface area (Å²) in [5, 5.41) is 33.4. The molecule has 3 heterocycles. The zero-order valence-electron chi connectivity index (χ0n) is 20.5. The van der Waals surface area contributed by atoms with Crippen LogP contribution < -0.4 is 16.0 Å². The number of aryl methyl sites for hydroxylation is 1. The van der Waals surface area contributed by atoms with Crippen molar-refractivity contribution in [2.75, 3.05) is 43.6 Å². The van der Waals surface area contributed by atoms with Crippen LogP contribution in [0.3, 0.4) is 0 Å². The van der Waals surface area contributed by atoms with E-state index in [0.29, 0.717) is 29.0 Å². The van der Waals surface area contributed by atoms with Gasteiger partial charge in [-0.25, -0.2) is 4.98 Å². The number of nitrogens with one attached hydrogen (secondary N) is 3. The number of rotatable bonds is 10. The van der Waals surface area contributed by atoms with Gasteiger partial charge in [0.15, 0.2) is 5.65 Å². The molecule has 10 heteroatoms. The highest BCUT2D eigenvalue weighted by Gasteiger charge is 2.25. The Kier molecular flexibility index (Phi) is 7.35. The minimum atomic E-state index is -0.527. The lowest BCUT2D eigenvalue weighted by Gasteiger charge is -2.23. The molecule has 1 amide bonds. The van der Waals surface area contributed by atoms with Gasteiger partial charge in [0.2, 0.25) is 0 Å². The quantitative estimate of drug-likeness (QED) is 0.290. The highest BCUT2D eigenvalue weighted by atomic mass is 16.5. The monoisotopic (exact) mass is 494 g/mol. The maximum absolute atomic E-state index is 12.6. The van der Waals surface area contributed by atoms with Gasteiger partial charge in [0, 0.05) is 43.0 Å². The van der Waals surface area contributed by atoms with Gasteiger partial charge < -0.3 is 30.9 Å². The Bertz CT molecular complexity index is 1210. The molecule has 2 aliphatic rings. The Labute approximate surface area is 210 Å². The van der Waals surface area contributed by atoms with Gasteiger partial charge in [0.1, 0.15) is 11.6 Å². The van der Waals surface area contributed by atoms with Crippen molar-refractivity contribution in [3.8, 4) is 11.1 Å². The highest BCUT2D eigenvalue weighted by Crippen LogP contribution is 2.29. The number of benzene rings is 1. The highest BCUT2D eigenvalue weighted by molar-refractivity contribution is 5.97. The number of ether oxygens (including phenoxy) is 1. The summed E-state index contributed by atoms with van der Waals surface area (Å²) in [6.07, 6.45) is 5.89. The van der Waals surface area contributed by atoms with Crippen molar-refractivity contribution in [1.82, 2.24) is 19.9 Å². The molecule has 0 bridgehead atoms. The lowest BCUT2D eigenvalue weighted by Crippen LogP contribution is -2.28. The molecule has 36 heavy (non-hydrogen) atoms. The first kappa shape index (κ1) is 24.5. The summed E-state index contributed by atoms with van der Waals surface area (Å²) in [6.45, 7) is 3.84. The number of carbonyl (C=O) groups is 1. The minimum Gasteiger partial charge on any atom is -0.394 e. The number of amides is 1. The maximum atomic E-state index is 12.6. The number of hydrogen-bond donors (Lipinski definition) is 5. The van der Waals surface area contributed by atoms with Gasteiger partial charge in [0.05, 0.1) is 25.5 Å². The minimum absolute atomic E-state index is 0.0373. The lowest BCUT2D eigenvalue weighted by molar-refractivity contribution is 0.0699. The molecule has 0 radical (unpaired) electrons. The molecule has 5 rings (SSSR count). The predicted octanol–water partition coefficient (Wildman–Crippen LogP) is 2.20. The zero-order chi connectivity index (χ0) is 25.1. The summed E-state index contributed by atoms with van der Waals surface area (Å²) in [4.78, 5) is 17.3. The van der Waals surface area contributed by atoms with Gasteiger partial charge in [-0.3, -0.25) is 4.79 Å². The second-order valence-electron chi connectivity index (χ2n) is 9.74.